The molecule has 10 rings (SSSR count). The molecule has 10 fully saturated rings. The van der Waals surface area contributed by atoms with Gasteiger partial charge in [-0.15, -0.1) is 0 Å². The molecule has 10 aliphatic rings. The molecular formula is C46H72O3. The first kappa shape index (κ1) is 34.1. The average molecular weight is 673 g/mol. The molecular weight excluding hydrogens is 601 g/mol. The van der Waals surface area contributed by atoms with Crippen molar-refractivity contribution in [2.24, 2.45) is 93.7 Å². The summed E-state index contributed by atoms with van der Waals surface area (Å²) in [6.07, 6.45) is 28.1. The van der Waals surface area contributed by atoms with Gasteiger partial charge in [0.25, 0.3) is 0 Å². The minimum atomic E-state index is -0.420. The SMILES string of the molecule is C/C=C1\C[C@@H](C2CC2)[C@H]2[C@@H]3CC[C@@H]4C[C@](C)(O)CC[C@@H]4[C@H]3CC[C@]12C.C[C@@]1(O)CC[C@H]2[C@H](CC[C@@H]3[C@@H]2CC[C@]2(C)C(=O)C[C@@H](C4CC4)[C@@H]32)C1. The number of rotatable bonds is 2. The first-order chi connectivity index (χ1) is 23.3. The van der Waals surface area contributed by atoms with Crippen molar-refractivity contribution < 1.29 is 15.0 Å². The molecule has 0 aromatic carbocycles. The largest absolute Gasteiger partial charge is 0.390 e. The Hall–Kier alpha value is -0.670. The number of carbonyl (C=O) groups is 1. The first-order valence-electron chi connectivity index (χ1n) is 22.0. The van der Waals surface area contributed by atoms with Crippen LogP contribution in [0.15, 0.2) is 11.6 Å². The Balaban J connectivity index is 0.000000133. The van der Waals surface area contributed by atoms with Crippen LogP contribution >= 0.6 is 0 Å². The van der Waals surface area contributed by atoms with E-state index in [1.54, 1.807) is 0 Å². The first-order valence-corrected chi connectivity index (χ1v) is 22.0. The second kappa shape index (κ2) is 11.9. The molecule has 0 heterocycles. The van der Waals surface area contributed by atoms with Crippen LogP contribution < -0.4 is 0 Å². The molecule has 10 saturated carbocycles. The van der Waals surface area contributed by atoms with Gasteiger partial charge in [0.15, 0.2) is 0 Å². The number of aliphatic hydroxyl groups is 2. The van der Waals surface area contributed by atoms with E-state index in [1.165, 1.54) is 89.9 Å². The molecule has 49 heavy (non-hydrogen) atoms. The fraction of sp³-hybridized carbons (Fsp3) is 0.935. The van der Waals surface area contributed by atoms with Gasteiger partial charge in [-0.3, -0.25) is 4.79 Å². The van der Waals surface area contributed by atoms with E-state index in [1.807, 2.05) is 12.5 Å². The molecule has 0 amide bonds. The Kier molecular flexibility index (Phi) is 8.30. The second-order valence-corrected chi connectivity index (χ2v) is 21.7. The van der Waals surface area contributed by atoms with Crippen molar-refractivity contribution in [3.63, 3.8) is 0 Å². The predicted molar refractivity (Wildman–Crippen MR) is 197 cm³/mol. The highest BCUT2D eigenvalue weighted by Gasteiger charge is 2.63. The van der Waals surface area contributed by atoms with Crippen molar-refractivity contribution in [3.05, 3.63) is 11.6 Å². The van der Waals surface area contributed by atoms with Crippen molar-refractivity contribution >= 4 is 5.78 Å². The van der Waals surface area contributed by atoms with E-state index in [4.69, 9.17) is 0 Å². The normalized spacial score (nSPS) is 57.1. The number of Topliss-reactive ketones (excluding diaryl/α,β-unsaturated/α-hetero) is 1. The fourth-order valence-electron chi connectivity index (χ4n) is 16.5. The molecule has 0 aliphatic heterocycles. The zero-order valence-electron chi connectivity index (χ0n) is 32.1. The molecule has 0 bridgehead atoms. The number of ketones is 1. The smallest absolute Gasteiger partial charge is 0.139 e. The summed E-state index contributed by atoms with van der Waals surface area (Å²) < 4.78 is 0. The standard InChI is InChI=1S/C24H38O.C22H34O2/c1-4-17-13-21(15-5-6-15)22-20-8-7-16-14-23(2,25)11-9-18(16)19(20)10-12-24(17,22)3;1-21(24)9-7-15-14(12-21)5-6-17-16(15)8-10-22(2)19(23)11-18(20(17)22)13-3-4-13/h4,15-16,18-22,25H,5-14H2,1-3H3;13-18,20,24H,3-12H2,1-2H3/b17-4+;/t16-,18+,19-,20-,21+,22-,23-,24-;14-,15+,16-,17-,18+,20-,21-,22-/m11/s1. The minimum absolute atomic E-state index is 0.0153. The van der Waals surface area contributed by atoms with Gasteiger partial charge in [0.05, 0.1) is 11.2 Å². The van der Waals surface area contributed by atoms with Crippen molar-refractivity contribution in [1.29, 1.82) is 0 Å². The van der Waals surface area contributed by atoms with Crippen molar-refractivity contribution in [2.45, 2.75) is 174 Å². The van der Waals surface area contributed by atoms with Gasteiger partial charge in [-0.2, -0.15) is 0 Å². The Morgan fingerprint density at radius 2 is 0.918 bits per heavy atom. The van der Waals surface area contributed by atoms with Crippen LogP contribution in [0.2, 0.25) is 0 Å². The van der Waals surface area contributed by atoms with Crippen molar-refractivity contribution in [3.8, 4) is 0 Å². The van der Waals surface area contributed by atoms with Crippen LogP contribution in [0.25, 0.3) is 0 Å². The van der Waals surface area contributed by atoms with Gasteiger partial charge in [-0.1, -0.05) is 25.5 Å². The Bertz CT molecular complexity index is 1320. The molecule has 0 aromatic heterocycles. The topological polar surface area (TPSA) is 57.5 Å². The predicted octanol–water partition coefficient (Wildman–Crippen LogP) is 10.6. The highest BCUT2D eigenvalue weighted by molar-refractivity contribution is 5.87. The van der Waals surface area contributed by atoms with Crippen LogP contribution in [0.1, 0.15) is 163 Å². The lowest BCUT2D eigenvalue weighted by Gasteiger charge is -2.57. The third-order valence-corrected chi connectivity index (χ3v) is 18.9. The van der Waals surface area contributed by atoms with E-state index in [-0.39, 0.29) is 11.0 Å². The lowest BCUT2D eigenvalue weighted by molar-refractivity contribution is -0.136. The maximum atomic E-state index is 12.9. The van der Waals surface area contributed by atoms with Gasteiger partial charge >= 0.3 is 0 Å². The van der Waals surface area contributed by atoms with E-state index >= 15 is 0 Å². The molecule has 0 aromatic rings. The lowest BCUT2D eigenvalue weighted by Crippen LogP contribution is -2.51. The number of hydrogen-bond donors (Lipinski definition) is 2. The van der Waals surface area contributed by atoms with Crippen LogP contribution in [0.5, 0.6) is 0 Å². The summed E-state index contributed by atoms with van der Waals surface area (Å²) in [5, 5.41) is 21.1. The third kappa shape index (κ3) is 5.64. The summed E-state index contributed by atoms with van der Waals surface area (Å²) in [5.74, 6) is 12.9. The van der Waals surface area contributed by atoms with Gasteiger partial charge in [-0.05, 0) is 231 Å². The maximum Gasteiger partial charge on any atom is 0.139 e. The summed E-state index contributed by atoms with van der Waals surface area (Å²) >= 11 is 0. The van der Waals surface area contributed by atoms with E-state index in [9.17, 15) is 15.0 Å². The fourth-order valence-corrected chi connectivity index (χ4v) is 16.5. The van der Waals surface area contributed by atoms with Gasteiger partial charge in [0, 0.05) is 11.8 Å². The molecule has 0 radical (unpaired) electrons. The monoisotopic (exact) mass is 673 g/mol. The van der Waals surface area contributed by atoms with Crippen LogP contribution in [0.3, 0.4) is 0 Å². The summed E-state index contributed by atoms with van der Waals surface area (Å²) in [5.41, 5.74) is 1.56. The number of carbonyl (C=O) groups excluding carboxylic acids is 1. The van der Waals surface area contributed by atoms with Crippen molar-refractivity contribution in [1.82, 2.24) is 0 Å². The highest BCUT2D eigenvalue weighted by atomic mass is 16.3. The number of allylic oxidation sites excluding steroid dienone is 2. The lowest BCUT2D eigenvalue weighted by atomic mass is 9.48. The third-order valence-electron chi connectivity index (χ3n) is 18.9. The minimum Gasteiger partial charge on any atom is -0.390 e. The Morgan fingerprint density at radius 1 is 0.490 bits per heavy atom. The summed E-state index contributed by atoms with van der Waals surface area (Å²) in [6, 6.07) is 0. The van der Waals surface area contributed by atoms with Crippen LogP contribution in [0.4, 0.5) is 0 Å². The molecule has 3 heteroatoms. The Morgan fingerprint density at radius 3 is 1.41 bits per heavy atom. The molecule has 16 atom stereocenters. The number of hydrogen-bond acceptors (Lipinski definition) is 3. The molecule has 2 N–H and O–H groups in total. The van der Waals surface area contributed by atoms with Gasteiger partial charge in [0.2, 0.25) is 0 Å². The Labute approximate surface area is 299 Å². The molecule has 0 unspecified atom stereocenters. The zero-order chi connectivity index (χ0) is 34.1. The van der Waals surface area contributed by atoms with Crippen molar-refractivity contribution in [2.75, 3.05) is 0 Å². The summed E-state index contributed by atoms with van der Waals surface area (Å²) in [4.78, 5) is 12.9. The molecule has 3 nitrogen and oxygen atoms in total. The summed E-state index contributed by atoms with van der Waals surface area (Å²) in [6.45, 7) is 11.4. The second-order valence-electron chi connectivity index (χ2n) is 21.7. The molecule has 0 spiro atoms. The van der Waals surface area contributed by atoms with Gasteiger partial charge in [0.1, 0.15) is 5.78 Å². The number of fused-ring (bicyclic) bond motifs is 10. The van der Waals surface area contributed by atoms with Gasteiger partial charge < -0.3 is 10.2 Å². The molecule has 274 valence electrons. The zero-order valence-corrected chi connectivity index (χ0v) is 32.1. The van der Waals surface area contributed by atoms with Crippen LogP contribution in [-0.4, -0.2) is 27.2 Å². The maximum absolute atomic E-state index is 12.9. The van der Waals surface area contributed by atoms with E-state index < -0.39 is 5.60 Å². The van der Waals surface area contributed by atoms with Crippen LogP contribution in [0, 0.1) is 93.7 Å². The van der Waals surface area contributed by atoms with E-state index in [0.717, 1.165) is 115 Å². The average Bonchev–Trinajstić information content (AvgIpc) is 3.99. The molecule has 10 aliphatic carbocycles. The highest BCUT2D eigenvalue weighted by Crippen LogP contribution is 2.69. The van der Waals surface area contributed by atoms with E-state index in [0.29, 0.717) is 17.1 Å². The molecule has 0 saturated heterocycles. The van der Waals surface area contributed by atoms with Crippen LogP contribution in [-0.2, 0) is 4.79 Å². The van der Waals surface area contributed by atoms with Gasteiger partial charge in [-0.25, -0.2) is 0 Å². The quantitative estimate of drug-likeness (QED) is 0.287. The van der Waals surface area contributed by atoms with E-state index in [2.05, 4.69) is 33.8 Å². The summed E-state index contributed by atoms with van der Waals surface area (Å²) in [7, 11) is 0.